The van der Waals surface area contributed by atoms with Gasteiger partial charge in [0.2, 0.25) is 11.8 Å². The SMILES string of the molecule is Cc1cc(OCC2(CC(=O)N3CCCCC3)CN(C(=O)CN3CCOCC3)CCO2)ccc1Cl. The normalized spacial score (nSPS) is 24.2. The van der Waals surface area contributed by atoms with Crippen LogP contribution in [0.4, 0.5) is 0 Å². The zero-order chi connectivity index (χ0) is 24.0. The van der Waals surface area contributed by atoms with E-state index in [2.05, 4.69) is 4.90 Å². The molecule has 0 radical (unpaired) electrons. The van der Waals surface area contributed by atoms with Crippen LogP contribution < -0.4 is 4.74 Å². The van der Waals surface area contributed by atoms with Crippen LogP contribution in [0.15, 0.2) is 18.2 Å². The fourth-order valence-electron chi connectivity index (χ4n) is 4.81. The predicted molar refractivity (Wildman–Crippen MR) is 129 cm³/mol. The maximum atomic E-state index is 13.2. The Bertz CT molecular complexity index is 857. The van der Waals surface area contributed by atoms with Gasteiger partial charge in [-0.05, 0) is 49.9 Å². The van der Waals surface area contributed by atoms with Gasteiger partial charge >= 0.3 is 0 Å². The lowest BCUT2D eigenvalue weighted by atomic mass is 9.96. The zero-order valence-corrected chi connectivity index (χ0v) is 20.9. The summed E-state index contributed by atoms with van der Waals surface area (Å²) in [7, 11) is 0. The third kappa shape index (κ3) is 6.62. The Balaban J connectivity index is 1.46. The lowest BCUT2D eigenvalue weighted by Crippen LogP contribution is -2.59. The summed E-state index contributed by atoms with van der Waals surface area (Å²) in [5.41, 5.74) is 0.0329. The molecule has 0 spiro atoms. The number of halogens is 1. The van der Waals surface area contributed by atoms with Crippen LogP contribution in [0.3, 0.4) is 0 Å². The molecule has 8 nitrogen and oxygen atoms in total. The van der Waals surface area contributed by atoms with Crippen LogP contribution in [0, 0.1) is 6.92 Å². The molecule has 9 heteroatoms. The molecular weight excluding hydrogens is 458 g/mol. The topological polar surface area (TPSA) is 71.6 Å². The van der Waals surface area contributed by atoms with E-state index in [9.17, 15) is 9.59 Å². The third-order valence-electron chi connectivity index (χ3n) is 6.88. The van der Waals surface area contributed by atoms with Gasteiger partial charge in [0.1, 0.15) is 18.0 Å². The monoisotopic (exact) mass is 493 g/mol. The maximum absolute atomic E-state index is 13.2. The minimum absolute atomic E-state index is 0.0577. The molecule has 34 heavy (non-hydrogen) atoms. The number of morpholine rings is 2. The van der Waals surface area contributed by atoms with Crippen molar-refractivity contribution in [2.45, 2.75) is 38.2 Å². The number of amides is 2. The Hall–Kier alpha value is -1.87. The first-order valence-electron chi connectivity index (χ1n) is 12.3. The van der Waals surface area contributed by atoms with Crippen LogP contribution in [0.25, 0.3) is 0 Å². The van der Waals surface area contributed by atoms with Crippen LogP contribution in [-0.2, 0) is 19.1 Å². The smallest absolute Gasteiger partial charge is 0.236 e. The fraction of sp³-hybridized carbons (Fsp3) is 0.680. The number of hydrogen-bond donors (Lipinski definition) is 0. The van der Waals surface area contributed by atoms with Gasteiger partial charge in [-0.2, -0.15) is 0 Å². The van der Waals surface area contributed by atoms with E-state index < -0.39 is 5.60 Å². The Morgan fingerprint density at radius 1 is 1.00 bits per heavy atom. The van der Waals surface area contributed by atoms with Crippen molar-refractivity contribution in [2.75, 3.05) is 72.2 Å². The van der Waals surface area contributed by atoms with Crippen molar-refractivity contribution in [1.82, 2.24) is 14.7 Å². The zero-order valence-electron chi connectivity index (χ0n) is 20.1. The van der Waals surface area contributed by atoms with Gasteiger partial charge in [-0.1, -0.05) is 11.6 Å². The van der Waals surface area contributed by atoms with Crippen molar-refractivity contribution in [2.24, 2.45) is 0 Å². The first kappa shape index (κ1) is 25.2. The number of ether oxygens (including phenoxy) is 3. The van der Waals surface area contributed by atoms with Gasteiger partial charge in [0.15, 0.2) is 0 Å². The second kappa shape index (κ2) is 11.7. The Kier molecular flexibility index (Phi) is 8.69. The molecule has 0 aromatic heterocycles. The number of nitrogens with zero attached hydrogens (tertiary/aromatic N) is 3. The van der Waals surface area contributed by atoms with Crippen LogP contribution >= 0.6 is 11.6 Å². The number of benzene rings is 1. The van der Waals surface area contributed by atoms with E-state index in [-0.39, 0.29) is 24.8 Å². The van der Waals surface area contributed by atoms with Gasteiger partial charge in [-0.3, -0.25) is 14.5 Å². The highest BCUT2D eigenvalue weighted by atomic mass is 35.5. The molecule has 3 aliphatic rings. The molecule has 0 N–H and O–H groups in total. The lowest BCUT2D eigenvalue weighted by molar-refractivity contribution is -0.167. The van der Waals surface area contributed by atoms with Crippen molar-refractivity contribution < 1.29 is 23.8 Å². The summed E-state index contributed by atoms with van der Waals surface area (Å²) >= 11 is 6.16. The molecule has 0 aliphatic carbocycles. The van der Waals surface area contributed by atoms with Crippen LogP contribution in [-0.4, -0.2) is 104 Å². The molecule has 4 rings (SSSR count). The van der Waals surface area contributed by atoms with Gasteiger partial charge < -0.3 is 24.0 Å². The fourth-order valence-corrected chi connectivity index (χ4v) is 4.92. The minimum Gasteiger partial charge on any atom is -0.490 e. The van der Waals surface area contributed by atoms with E-state index in [1.807, 2.05) is 28.9 Å². The van der Waals surface area contributed by atoms with E-state index in [1.165, 1.54) is 0 Å². The molecule has 0 saturated carbocycles. The Labute approximate surface area is 207 Å². The van der Waals surface area contributed by atoms with E-state index in [1.54, 1.807) is 6.07 Å². The standard InChI is InChI=1S/C25H36ClN3O5/c1-20-15-21(5-6-22(20)26)33-19-25(16-23(30)28-7-3-2-4-8-28)18-29(11-14-34-25)24(31)17-27-9-12-32-13-10-27/h5-6,15H,2-4,7-14,16-19H2,1H3. The summed E-state index contributed by atoms with van der Waals surface area (Å²) in [5.74, 6) is 0.799. The average molecular weight is 494 g/mol. The third-order valence-corrected chi connectivity index (χ3v) is 7.30. The van der Waals surface area contributed by atoms with Crippen LogP contribution in [0.2, 0.25) is 5.02 Å². The molecule has 188 valence electrons. The molecule has 1 unspecified atom stereocenters. The molecule has 3 heterocycles. The molecule has 2 amide bonds. The summed E-state index contributed by atoms with van der Waals surface area (Å²) in [6.45, 7) is 8.09. The van der Waals surface area contributed by atoms with Gasteiger partial charge in [-0.15, -0.1) is 0 Å². The van der Waals surface area contributed by atoms with Gasteiger partial charge in [0, 0.05) is 37.7 Å². The Morgan fingerprint density at radius 3 is 2.50 bits per heavy atom. The number of likely N-dealkylation sites (tertiary alicyclic amines) is 1. The van der Waals surface area contributed by atoms with Gasteiger partial charge in [0.05, 0.1) is 39.3 Å². The van der Waals surface area contributed by atoms with Crippen LogP contribution in [0.5, 0.6) is 5.75 Å². The summed E-state index contributed by atoms with van der Waals surface area (Å²) in [6.07, 6.45) is 3.42. The predicted octanol–water partition coefficient (Wildman–Crippen LogP) is 2.36. The molecular formula is C25H36ClN3O5. The van der Waals surface area contributed by atoms with Crippen molar-refractivity contribution in [3.63, 3.8) is 0 Å². The highest BCUT2D eigenvalue weighted by Gasteiger charge is 2.42. The molecule has 3 fully saturated rings. The summed E-state index contributed by atoms with van der Waals surface area (Å²) in [6, 6.07) is 5.50. The number of piperidine rings is 1. The van der Waals surface area contributed by atoms with Crippen molar-refractivity contribution in [1.29, 1.82) is 0 Å². The molecule has 0 bridgehead atoms. The summed E-state index contributed by atoms with van der Waals surface area (Å²) in [4.78, 5) is 32.2. The number of carbonyl (C=O) groups excluding carboxylic acids is 2. The first-order valence-corrected chi connectivity index (χ1v) is 12.7. The number of aryl methyl sites for hydroxylation is 1. The lowest BCUT2D eigenvalue weighted by Gasteiger charge is -2.43. The highest BCUT2D eigenvalue weighted by Crippen LogP contribution is 2.28. The van der Waals surface area contributed by atoms with E-state index in [0.29, 0.717) is 50.2 Å². The molecule has 1 aromatic carbocycles. The molecule has 1 aromatic rings. The maximum Gasteiger partial charge on any atom is 0.236 e. The highest BCUT2D eigenvalue weighted by molar-refractivity contribution is 6.31. The van der Waals surface area contributed by atoms with E-state index in [4.69, 9.17) is 25.8 Å². The largest absolute Gasteiger partial charge is 0.490 e. The van der Waals surface area contributed by atoms with E-state index >= 15 is 0 Å². The second-order valence-corrected chi connectivity index (χ2v) is 9.96. The second-order valence-electron chi connectivity index (χ2n) is 9.55. The van der Waals surface area contributed by atoms with Gasteiger partial charge in [0.25, 0.3) is 0 Å². The number of hydrogen-bond acceptors (Lipinski definition) is 6. The number of carbonyl (C=O) groups is 2. The van der Waals surface area contributed by atoms with Crippen molar-refractivity contribution in [3.05, 3.63) is 28.8 Å². The summed E-state index contributed by atoms with van der Waals surface area (Å²) in [5, 5.41) is 0.677. The first-order chi connectivity index (χ1) is 16.4. The molecule has 3 saturated heterocycles. The summed E-state index contributed by atoms with van der Waals surface area (Å²) < 4.78 is 17.8. The van der Waals surface area contributed by atoms with Gasteiger partial charge in [-0.25, -0.2) is 0 Å². The van der Waals surface area contributed by atoms with Crippen molar-refractivity contribution >= 4 is 23.4 Å². The molecule has 3 aliphatic heterocycles. The van der Waals surface area contributed by atoms with Crippen molar-refractivity contribution in [3.8, 4) is 5.75 Å². The quantitative estimate of drug-likeness (QED) is 0.580. The van der Waals surface area contributed by atoms with E-state index in [0.717, 1.165) is 51.0 Å². The average Bonchev–Trinajstić information content (AvgIpc) is 2.86. The molecule has 1 atom stereocenters. The van der Waals surface area contributed by atoms with Crippen LogP contribution in [0.1, 0.15) is 31.2 Å². The minimum atomic E-state index is -0.888. The Morgan fingerprint density at radius 2 is 1.76 bits per heavy atom. The number of rotatable bonds is 7.